The van der Waals surface area contributed by atoms with Crippen LogP contribution in [0.5, 0.6) is 5.75 Å². The molecule has 94 valence electrons. The van der Waals surface area contributed by atoms with Gasteiger partial charge in [0.2, 0.25) is 0 Å². The van der Waals surface area contributed by atoms with E-state index in [1.165, 1.54) is 18.3 Å². The van der Waals surface area contributed by atoms with Gasteiger partial charge in [-0.2, -0.15) is 0 Å². The number of carbonyl (C=O) groups excluding carboxylic acids is 1. The van der Waals surface area contributed by atoms with Gasteiger partial charge in [-0.25, -0.2) is 4.98 Å². The minimum atomic E-state index is -0.00578. The van der Waals surface area contributed by atoms with E-state index in [9.17, 15) is 4.79 Å². The molecule has 0 saturated carbocycles. The Labute approximate surface area is 110 Å². The highest BCUT2D eigenvalue weighted by Gasteiger charge is 2.12. The summed E-state index contributed by atoms with van der Waals surface area (Å²) in [5.41, 5.74) is 3.24. The Morgan fingerprint density at radius 3 is 2.50 bits per heavy atom. The summed E-state index contributed by atoms with van der Waals surface area (Å²) in [4.78, 5) is 16.4. The smallest absolute Gasteiger partial charge is 0.179 e. The van der Waals surface area contributed by atoms with Gasteiger partial charge in [-0.15, -0.1) is 11.3 Å². The topological polar surface area (TPSA) is 39.2 Å². The molecule has 0 N–H and O–H groups in total. The molecule has 0 fully saturated rings. The second-order valence-electron chi connectivity index (χ2n) is 4.28. The minimum absolute atomic E-state index is 0.00578. The number of ketones is 1. The van der Waals surface area contributed by atoms with Crippen LogP contribution in [0.15, 0.2) is 29.8 Å². The molecule has 0 spiro atoms. The second kappa shape index (κ2) is 5.31. The molecule has 0 saturated heterocycles. The van der Waals surface area contributed by atoms with Crippen LogP contribution in [0.1, 0.15) is 31.3 Å². The van der Waals surface area contributed by atoms with Crippen LogP contribution in [0.25, 0.3) is 10.4 Å². The molecule has 2 rings (SSSR count). The van der Waals surface area contributed by atoms with Crippen molar-refractivity contribution in [2.75, 3.05) is 0 Å². The molecule has 1 aromatic carbocycles. The SMILES string of the molecule is CC(=O)c1ncsc1-c1ccc(OC(C)C)cc1. The lowest BCUT2D eigenvalue weighted by molar-refractivity contribution is 0.101. The highest BCUT2D eigenvalue weighted by atomic mass is 32.1. The Bertz CT molecular complexity index is 543. The number of thiazole rings is 1. The van der Waals surface area contributed by atoms with Crippen LogP contribution in [-0.4, -0.2) is 16.9 Å². The number of hydrogen-bond donors (Lipinski definition) is 0. The van der Waals surface area contributed by atoms with Crippen molar-refractivity contribution in [3.8, 4) is 16.2 Å². The van der Waals surface area contributed by atoms with E-state index in [-0.39, 0.29) is 11.9 Å². The van der Waals surface area contributed by atoms with Gasteiger partial charge < -0.3 is 4.74 Å². The molecule has 3 nitrogen and oxygen atoms in total. The van der Waals surface area contributed by atoms with Gasteiger partial charge in [0.1, 0.15) is 11.4 Å². The molecule has 0 atom stereocenters. The lowest BCUT2D eigenvalue weighted by Gasteiger charge is -2.09. The van der Waals surface area contributed by atoms with E-state index < -0.39 is 0 Å². The van der Waals surface area contributed by atoms with Crippen LogP contribution in [0.4, 0.5) is 0 Å². The molecule has 0 aliphatic carbocycles. The maximum Gasteiger partial charge on any atom is 0.179 e. The third kappa shape index (κ3) is 2.76. The first-order chi connectivity index (χ1) is 8.58. The van der Waals surface area contributed by atoms with E-state index in [1.807, 2.05) is 38.1 Å². The summed E-state index contributed by atoms with van der Waals surface area (Å²) in [5, 5.41) is 0. The molecule has 1 aromatic heterocycles. The second-order valence-corrected chi connectivity index (χ2v) is 5.13. The first-order valence-electron chi connectivity index (χ1n) is 5.79. The predicted molar refractivity (Wildman–Crippen MR) is 73.3 cm³/mol. The first-order valence-corrected chi connectivity index (χ1v) is 6.67. The van der Waals surface area contributed by atoms with Gasteiger partial charge in [0, 0.05) is 6.92 Å². The normalized spacial score (nSPS) is 10.7. The summed E-state index contributed by atoms with van der Waals surface area (Å²) < 4.78 is 5.59. The Morgan fingerprint density at radius 2 is 1.94 bits per heavy atom. The summed E-state index contributed by atoms with van der Waals surface area (Å²) in [6.45, 7) is 5.52. The Morgan fingerprint density at radius 1 is 1.28 bits per heavy atom. The zero-order valence-electron chi connectivity index (χ0n) is 10.6. The third-order valence-corrected chi connectivity index (χ3v) is 3.26. The quantitative estimate of drug-likeness (QED) is 0.786. The third-order valence-electron chi connectivity index (χ3n) is 2.39. The van der Waals surface area contributed by atoms with Gasteiger partial charge in [-0.1, -0.05) is 0 Å². The lowest BCUT2D eigenvalue weighted by Crippen LogP contribution is -2.05. The van der Waals surface area contributed by atoms with Crippen molar-refractivity contribution >= 4 is 17.1 Å². The molecule has 4 heteroatoms. The average Bonchev–Trinajstić information content (AvgIpc) is 2.78. The fraction of sp³-hybridized carbons (Fsp3) is 0.286. The van der Waals surface area contributed by atoms with Crippen molar-refractivity contribution in [1.82, 2.24) is 4.98 Å². The van der Waals surface area contributed by atoms with Gasteiger partial charge in [0.05, 0.1) is 16.5 Å². The van der Waals surface area contributed by atoms with Gasteiger partial charge in [0.25, 0.3) is 0 Å². The molecule has 1 heterocycles. The highest BCUT2D eigenvalue weighted by molar-refractivity contribution is 7.13. The van der Waals surface area contributed by atoms with Crippen LogP contribution >= 0.6 is 11.3 Å². The number of Topliss-reactive ketones (excluding diaryl/α,β-unsaturated/α-hetero) is 1. The Kier molecular flexibility index (Phi) is 3.77. The molecule has 0 aliphatic heterocycles. The number of benzene rings is 1. The van der Waals surface area contributed by atoms with E-state index >= 15 is 0 Å². The molecule has 2 aromatic rings. The maximum absolute atomic E-state index is 11.4. The number of ether oxygens (including phenoxy) is 1. The van der Waals surface area contributed by atoms with E-state index in [2.05, 4.69) is 4.98 Å². The van der Waals surface area contributed by atoms with Gasteiger partial charge in [0.15, 0.2) is 5.78 Å². The number of hydrogen-bond acceptors (Lipinski definition) is 4. The molecule has 0 bridgehead atoms. The summed E-state index contributed by atoms with van der Waals surface area (Å²) in [5.74, 6) is 0.830. The van der Waals surface area contributed by atoms with Gasteiger partial charge in [-0.3, -0.25) is 4.79 Å². The van der Waals surface area contributed by atoms with Crippen molar-refractivity contribution in [3.05, 3.63) is 35.5 Å². The average molecular weight is 261 g/mol. The van der Waals surface area contributed by atoms with Gasteiger partial charge >= 0.3 is 0 Å². The van der Waals surface area contributed by atoms with Crippen molar-refractivity contribution in [2.45, 2.75) is 26.9 Å². The summed E-state index contributed by atoms with van der Waals surface area (Å²) >= 11 is 1.48. The van der Waals surface area contributed by atoms with Crippen LogP contribution in [0.2, 0.25) is 0 Å². The van der Waals surface area contributed by atoms with E-state index in [1.54, 1.807) is 5.51 Å². The predicted octanol–water partition coefficient (Wildman–Crippen LogP) is 3.80. The van der Waals surface area contributed by atoms with Gasteiger partial charge in [-0.05, 0) is 43.7 Å². The number of aromatic nitrogens is 1. The van der Waals surface area contributed by atoms with E-state index in [4.69, 9.17) is 4.74 Å². The Hall–Kier alpha value is -1.68. The molecule has 0 unspecified atom stereocenters. The number of nitrogens with zero attached hydrogens (tertiary/aromatic N) is 1. The summed E-state index contributed by atoms with van der Waals surface area (Å²) in [7, 11) is 0. The largest absolute Gasteiger partial charge is 0.491 e. The van der Waals surface area contributed by atoms with Crippen LogP contribution in [0, 0.1) is 0 Å². The zero-order valence-corrected chi connectivity index (χ0v) is 11.5. The number of rotatable bonds is 4. The monoisotopic (exact) mass is 261 g/mol. The maximum atomic E-state index is 11.4. The van der Waals surface area contributed by atoms with E-state index in [0.29, 0.717) is 5.69 Å². The standard InChI is InChI=1S/C14H15NO2S/c1-9(2)17-12-6-4-11(5-7-12)14-13(10(3)16)15-8-18-14/h4-9H,1-3H3. The van der Waals surface area contributed by atoms with Crippen molar-refractivity contribution in [1.29, 1.82) is 0 Å². The first kappa shape index (κ1) is 12.8. The van der Waals surface area contributed by atoms with Crippen molar-refractivity contribution < 1.29 is 9.53 Å². The van der Waals surface area contributed by atoms with E-state index in [0.717, 1.165) is 16.2 Å². The van der Waals surface area contributed by atoms with Crippen molar-refractivity contribution in [3.63, 3.8) is 0 Å². The van der Waals surface area contributed by atoms with Crippen LogP contribution in [-0.2, 0) is 0 Å². The molecule has 18 heavy (non-hydrogen) atoms. The fourth-order valence-electron chi connectivity index (χ4n) is 1.66. The summed E-state index contributed by atoms with van der Waals surface area (Å²) in [6.07, 6.45) is 0.159. The minimum Gasteiger partial charge on any atom is -0.491 e. The zero-order chi connectivity index (χ0) is 13.1. The van der Waals surface area contributed by atoms with Crippen molar-refractivity contribution in [2.24, 2.45) is 0 Å². The Balaban J connectivity index is 2.29. The van der Waals surface area contributed by atoms with Crippen LogP contribution in [0.3, 0.4) is 0 Å². The molecule has 0 aliphatic rings. The number of carbonyl (C=O) groups is 1. The molecular formula is C14H15NO2S. The molecule has 0 radical (unpaired) electrons. The highest BCUT2D eigenvalue weighted by Crippen LogP contribution is 2.29. The lowest BCUT2D eigenvalue weighted by atomic mass is 10.1. The fourth-order valence-corrected chi connectivity index (χ4v) is 2.50. The summed E-state index contributed by atoms with van der Waals surface area (Å²) in [6, 6.07) is 7.74. The van der Waals surface area contributed by atoms with Crippen LogP contribution < -0.4 is 4.74 Å². The molecular weight excluding hydrogens is 246 g/mol. The molecule has 0 amide bonds.